The molecule has 1 aromatic heterocycles. The van der Waals surface area contributed by atoms with Crippen LogP contribution in [0.4, 0.5) is 0 Å². The molecule has 0 radical (unpaired) electrons. The molecule has 2 heterocycles. The van der Waals surface area contributed by atoms with Crippen LogP contribution in [0.3, 0.4) is 0 Å². The molecule has 1 saturated heterocycles. The SMILES string of the molecule is CCNC(=NCCCOC1CCOC1)NCCc1nc(CC)c(C)s1.I. The lowest BCUT2D eigenvalue weighted by molar-refractivity contribution is 0.0424. The summed E-state index contributed by atoms with van der Waals surface area (Å²) in [5, 5.41) is 7.88. The Morgan fingerprint density at radius 1 is 1.38 bits per heavy atom. The predicted molar refractivity (Wildman–Crippen MR) is 119 cm³/mol. The third kappa shape index (κ3) is 8.49. The van der Waals surface area contributed by atoms with Crippen LogP contribution in [0.2, 0.25) is 0 Å². The van der Waals surface area contributed by atoms with Crippen molar-refractivity contribution in [2.45, 2.75) is 52.6 Å². The number of halogens is 1. The van der Waals surface area contributed by atoms with E-state index in [1.807, 2.05) is 0 Å². The Hall–Kier alpha value is -0.450. The standard InChI is InChI=1S/C18H32N4O2S.HI/c1-4-16-14(3)25-17(22-16)7-10-21-18(19-5-2)20-9-6-11-24-15-8-12-23-13-15;/h15H,4-13H2,1-3H3,(H2,19,20,21);1H. The van der Waals surface area contributed by atoms with E-state index in [0.717, 1.165) is 71.1 Å². The first-order valence-electron chi connectivity index (χ1n) is 9.39. The maximum Gasteiger partial charge on any atom is 0.191 e. The van der Waals surface area contributed by atoms with Crippen LogP contribution in [0, 0.1) is 6.92 Å². The lowest BCUT2D eigenvalue weighted by atomic mass is 10.3. The van der Waals surface area contributed by atoms with Gasteiger partial charge in [0.15, 0.2) is 5.96 Å². The van der Waals surface area contributed by atoms with Gasteiger partial charge in [0.1, 0.15) is 0 Å². The van der Waals surface area contributed by atoms with Gasteiger partial charge in [0.2, 0.25) is 0 Å². The number of aliphatic imine (C=N–C) groups is 1. The van der Waals surface area contributed by atoms with Crippen LogP contribution in [0.15, 0.2) is 4.99 Å². The van der Waals surface area contributed by atoms with Gasteiger partial charge in [-0.15, -0.1) is 35.3 Å². The van der Waals surface area contributed by atoms with Crippen LogP contribution < -0.4 is 10.6 Å². The highest BCUT2D eigenvalue weighted by atomic mass is 127. The minimum Gasteiger partial charge on any atom is -0.379 e. The number of hydrogen-bond acceptors (Lipinski definition) is 5. The number of guanidine groups is 1. The fraction of sp³-hybridized carbons (Fsp3) is 0.778. The maximum atomic E-state index is 5.77. The van der Waals surface area contributed by atoms with Gasteiger partial charge in [-0.25, -0.2) is 4.98 Å². The first kappa shape index (κ1) is 23.6. The molecule has 1 aliphatic heterocycles. The smallest absolute Gasteiger partial charge is 0.191 e. The Balaban J connectivity index is 0.00000338. The highest BCUT2D eigenvalue weighted by Gasteiger charge is 2.15. The quantitative estimate of drug-likeness (QED) is 0.226. The number of hydrogen-bond donors (Lipinski definition) is 2. The Morgan fingerprint density at radius 3 is 2.88 bits per heavy atom. The van der Waals surface area contributed by atoms with E-state index in [9.17, 15) is 0 Å². The summed E-state index contributed by atoms with van der Waals surface area (Å²) in [4.78, 5) is 10.6. The van der Waals surface area contributed by atoms with E-state index in [-0.39, 0.29) is 30.1 Å². The van der Waals surface area contributed by atoms with Gasteiger partial charge in [-0.05, 0) is 33.1 Å². The largest absolute Gasteiger partial charge is 0.379 e. The van der Waals surface area contributed by atoms with Crippen LogP contribution in [-0.2, 0) is 22.3 Å². The Labute approximate surface area is 178 Å². The van der Waals surface area contributed by atoms with Crippen molar-refractivity contribution >= 4 is 41.3 Å². The van der Waals surface area contributed by atoms with Crippen molar-refractivity contribution in [1.82, 2.24) is 15.6 Å². The summed E-state index contributed by atoms with van der Waals surface area (Å²) < 4.78 is 11.1. The van der Waals surface area contributed by atoms with Gasteiger partial charge in [0, 0.05) is 44.1 Å². The number of thiazole rings is 1. The second-order valence-electron chi connectivity index (χ2n) is 6.11. The predicted octanol–water partition coefficient (Wildman–Crippen LogP) is 2.93. The molecule has 0 spiro atoms. The van der Waals surface area contributed by atoms with Crippen LogP contribution in [0.5, 0.6) is 0 Å². The Bertz CT molecular complexity index is 533. The van der Waals surface area contributed by atoms with Crippen molar-refractivity contribution in [2.75, 3.05) is 39.5 Å². The van der Waals surface area contributed by atoms with Gasteiger partial charge < -0.3 is 20.1 Å². The van der Waals surface area contributed by atoms with Crippen LogP contribution >= 0.6 is 35.3 Å². The molecule has 0 aromatic carbocycles. The van der Waals surface area contributed by atoms with E-state index in [1.54, 1.807) is 11.3 Å². The summed E-state index contributed by atoms with van der Waals surface area (Å²) in [6.45, 7) is 11.2. The van der Waals surface area contributed by atoms with E-state index >= 15 is 0 Å². The fourth-order valence-corrected chi connectivity index (χ4v) is 3.72. The first-order chi connectivity index (χ1) is 12.2. The molecule has 1 aromatic rings. The topological polar surface area (TPSA) is 67.8 Å². The minimum absolute atomic E-state index is 0. The molecule has 0 bridgehead atoms. The molecule has 6 nitrogen and oxygen atoms in total. The van der Waals surface area contributed by atoms with Crippen molar-refractivity contribution in [3.05, 3.63) is 15.6 Å². The number of aryl methyl sites for hydroxylation is 2. The van der Waals surface area contributed by atoms with Crippen molar-refractivity contribution in [2.24, 2.45) is 4.99 Å². The Kier molecular flexibility index (Phi) is 12.4. The summed E-state index contributed by atoms with van der Waals surface area (Å²) in [5.74, 6) is 0.871. The van der Waals surface area contributed by atoms with E-state index in [2.05, 4.69) is 41.4 Å². The monoisotopic (exact) mass is 496 g/mol. The number of aromatic nitrogens is 1. The number of rotatable bonds is 10. The average Bonchev–Trinajstić information content (AvgIpc) is 3.24. The molecule has 150 valence electrons. The molecular weight excluding hydrogens is 463 g/mol. The molecular formula is C18H33IN4O2S. The van der Waals surface area contributed by atoms with E-state index in [0.29, 0.717) is 0 Å². The van der Waals surface area contributed by atoms with Crippen molar-refractivity contribution < 1.29 is 9.47 Å². The summed E-state index contributed by atoms with van der Waals surface area (Å²) in [5.41, 5.74) is 1.23. The molecule has 26 heavy (non-hydrogen) atoms. The van der Waals surface area contributed by atoms with Crippen LogP contribution in [0.25, 0.3) is 0 Å². The van der Waals surface area contributed by atoms with Gasteiger partial charge in [-0.3, -0.25) is 4.99 Å². The molecule has 1 fully saturated rings. The molecule has 2 N–H and O–H groups in total. The van der Waals surface area contributed by atoms with Crippen LogP contribution in [-0.4, -0.2) is 56.5 Å². The molecule has 2 rings (SSSR count). The summed E-state index contributed by atoms with van der Waals surface area (Å²) in [6, 6.07) is 0. The molecule has 1 atom stereocenters. The molecule has 1 unspecified atom stereocenters. The number of ether oxygens (including phenoxy) is 2. The van der Waals surface area contributed by atoms with Gasteiger partial charge >= 0.3 is 0 Å². The maximum absolute atomic E-state index is 5.77. The summed E-state index contributed by atoms with van der Waals surface area (Å²) in [7, 11) is 0. The molecule has 1 aliphatic rings. The summed E-state index contributed by atoms with van der Waals surface area (Å²) >= 11 is 1.80. The Morgan fingerprint density at radius 2 is 2.23 bits per heavy atom. The third-order valence-corrected chi connectivity index (χ3v) is 5.13. The van der Waals surface area contributed by atoms with Crippen molar-refractivity contribution in [3.63, 3.8) is 0 Å². The van der Waals surface area contributed by atoms with Gasteiger partial charge in [-0.2, -0.15) is 0 Å². The zero-order valence-electron chi connectivity index (χ0n) is 16.2. The van der Waals surface area contributed by atoms with Gasteiger partial charge in [-0.1, -0.05) is 6.92 Å². The van der Waals surface area contributed by atoms with Crippen molar-refractivity contribution in [1.29, 1.82) is 0 Å². The van der Waals surface area contributed by atoms with E-state index in [1.165, 1.54) is 15.6 Å². The minimum atomic E-state index is 0. The van der Waals surface area contributed by atoms with Crippen molar-refractivity contribution in [3.8, 4) is 0 Å². The third-order valence-electron chi connectivity index (χ3n) is 4.06. The molecule has 8 heteroatoms. The van der Waals surface area contributed by atoms with Crippen LogP contribution in [0.1, 0.15) is 42.3 Å². The second kappa shape index (κ2) is 13.7. The average molecular weight is 496 g/mol. The normalized spacial score (nSPS) is 17.2. The second-order valence-corrected chi connectivity index (χ2v) is 7.40. The lowest BCUT2D eigenvalue weighted by Crippen LogP contribution is -2.38. The van der Waals surface area contributed by atoms with Gasteiger partial charge in [0.05, 0.1) is 23.4 Å². The zero-order chi connectivity index (χ0) is 17.9. The molecule has 0 amide bonds. The van der Waals surface area contributed by atoms with Gasteiger partial charge in [0.25, 0.3) is 0 Å². The molecule has 0 saturated carbocycles. The highest BCUT2D eigenvalue weighted by Crippen LogP contribution is 2.17. The highest BCUT2D eigenvalue weighted by molar-refractivity contribution is 14.0. The fourth-order valence-electron chi connectivity index (χ4n) is 2.70. The zero-order valence-corrected chi connectivity index (χ0v) is 19.3. The number of nitrogens with zero attached hydrogens (tertiary/aromatic N) is 2. The first-order valence-corrected chi connectivity index (χ1v) is 10.2. The van der Waals surface area contributed by atoms with E-state index in [4.69, 9.17) is 9.47 Å². The molecule has 0 aliphatic carbocycles. The van der Waals surface area contributed by atoms with E-state index < -0.39 is 0 Å². The lowest BCUT2D eigenvalue weighted by Gasteiger charge is -2.11. The number of nitrogens with one attached hydrogen (secondary N) is 2. The summed E-state index contributed by atoms with van der Waals surface area (Å²) in [6.07, 6.45) is 4.17.